The average Bonchev–Trinajstić information content (AvgIpc) is 2.32. The van der Waals surface area contributed by atoms with Gasteiger partial charge in [0.2, 0.25) is 5.91 Å². The smallest absolute Gasteiger partial charge is 0.410 e. The maximum atomic E-state index is 11.6. The van der Waals surface area contributed by atoms with Gasteiger partial charge in [0, 0.05) is 31.5 Å². The molecule has 2 heterocycles. The zero-order chi connectivity index (χ0) is 14.0. The Bertz CT molecular complexity index is 428. The van der Waals surface area contributed by atoms with Crippen LogP contribution in [0.1, 0.15) is 6.42 Å². The van der Waals surface area contributed by atoms with Gasteiger partial charge in [0.1, 0.15) is 6.61 Å². The molecule has 0 aromatic rings. The summed E-state index contributed by atoms with van der Waals surface area (Å²) in [5.74, 6) is -1.77. The molecule has 1 atom stereocenters. The van der Waals surface area contributed by atoms with E-state index in [0.717, 1.165) is 0 Å². The van der Waals surface area contributed by atoms with Crippen LogP contribution in [0.4, 0.5) is 4.79 Å². The number of carboxylic acid groups (broad SMARTS) is 1. The van der Waals surface area contributed by atoms with Crippen LogP contribution in [-0.4, -0.2) is 54.2 Å². The highest BCUT2D eigenvalue weighted by molar-refractivity contribution is 5.83. The fraction of sp³-hybridized carbons (Fsp3) is 0.583. The van der Waals surface area contributed by atoms with Gasteiger partial charge in [0.05, 0.1) is 5.92 Å². The molecule has 2 aliphatic heterocycles. The summed E-state index contributed by atoms with van der Waals surface area (Å²) in [6.07, 6.45) is 1.09. The molecule has 2 amide bonds. The number of hydrogen-bond donors (Lipinski definition) is 2. The predicted molar refractivity (Wildman–Crippen MR) is 64.3 cm³/mol. The van der Waals surface area contributed by atoms with Crippen molar-refractivity contribution < 1.29 is 24.2 Å². The Morgan fingerprint density at radius 1 is 1.58 bits per heavy atom. The van der Waals surface area contributed by atoms with Gasteiger partial charge in [-0.2, -0.15) is 0 Å². The van der Waals surface area contributed by atoms with Gasteiger partial charge in [-0.15, -0.1) is 0 Å². The number of rotatable bonds is 3. The minimum absolute atomic E-state index is 0.115. The number of nitrogens with one attached hydrogen (secondary N) is 1. The topological polar surface area (TPSA) is 95.9 Å². The third kappa shape index (κ3) is 2.40. The van der Waals surface area contributed by atoms with Crippen molar-refractivity contribution in [2.45, 2.75) is 6.42 Å². The van der Waals surface area contributed by atoms with Gasteiger partial charge >= 0.3 is 12.1 Å². The van der Waals surface area contributed by atoms with E-state index in [1.807, 2.05) is 0 Å². The van der Waals surface area contributed by atoms with E-state index >= 15 is 0 Å². The SMILES string of the molecule is C=CCOC(=O)N1CC2(CC(=O)NCC2C(=O)O)C1. The summed E-state index contributed by atoms with van der Waals surface area (Å²) in [6, 6.07) is 0. The van der Waals surface area contributed by atoms with Crippen molar-refractivity contribution >= 4 is 18.0 Å². The van der Waals surface area contributed by atoms with Crippen LogP contribution in [0.15, 0.2) is 12.7 Å². The highest BCUT2D eigenvalue weighted by atomic mass is 16.6. The Hall–Kier alpha value is -2.05. The fourth-order valence-corrected chi connectivity index (χ4v) is 2.68. The normalized spacial score (nSPS) is 24.3. The summed E-state index contributed by atoms with van der Waals surface area (Å²) >= 11 is 0. The molecule has 7 nitrogen and oxygen atoms in total. The fourth-order valence-electron chi connectivity index (χ4n) is 2.68. The number of ether oxygens (including phenoxy) is 1. The molecule has 104 valence electrons. The summed E-state index contributed by atoms with van der Waals surface area (Å²) in [4.78, 5) is 35.6. The number of piperidine rings is 1. The number of carbonyl (C=O) groups is 3. The van der Waals surface area contributed by atoms with Crippen LogP contribution >= 0.6 is 0 Å². The van der Waals surface area contributed by atoms with Crippen LogP contribution in [0.2, 0.25) is 0 Å². The lowest BCUT2D eigenvalue weighted by molar-refractivity contribution is -0.159. The molecule has 0 aromatic carbocycles. The molecule has 2 aliphatic rings. The molecule has 2 rings (SSSR count). The number of nitrogens with zero attached hydrogens (tertiary/aromatic N) is 1. The van der Waals surface area contributed by atoms with Crippen LogP contribution in [0.25, 0.3) is 0 Å². The van der Waals surface area contributed by atoms with E-state index in [1.54, 1.807) is 0 Å². The minimum atomic E-state index is -0.945. The van der Waals surface area contributed by atoms with Gasteiger partial charge in [0.25, 0.3) is 0 Å². The molecule has 2 fully saturated rings. The molecule has 2 N–H and O–H groups in total. The molecular formula is C12H16N2O5. The molecule has 7 heteroatoms. The second kappa shape index (κ2) is 4.91. The quantitative estimate of drug-likeness (QED) is 0.693. The maximum Gasteiger partial charge on any atom is 0.410 e. The summed E-state index contributed by atoms with van der Waals surface area (Å²) < 4.78 is 4.87. The highest BCUT2D eigenvalue weighted by Crippen LogP contribution is 2.43. The van der Waals surface area contributed by atoms with Gasteiger partial charge in [-0.3, -0.25) is 9.59 Å². The molecule has 1 spiro atoms. The first-order valence-corrected chi connectivity index (χ1v) is 6.00. The average molecular weight is 268 g/mol. The number of likely N-dealkylation sites (tertiary alicyclic amines) is 1. The summed E-state index contributed by atoms with van der Waals surface area (Å²) in [7, 11) is 0. The first-order chi connectivity index (χ1) is 8.98. The van der Waals surface area contributed by atoms with Gasteiger partial charge in [-0.05, 0) is 0 Å². The van der Waals surface area contributed by atoms with Crippen molar-refractivity contribution in [1.29, 1.82) is 0 Å². The van der Waals surface area contributed by atoms with Crippen molar-refractivity contribution in [3.05, 3.63) is 12.7 Å². The van der Waals surface area contributed by atoms with E-state index in [1.165, 1.54) is 11.0 Å². The van der Waals surface area contributed by atoms with E-state index in [0.29, 0.717) is 0 Å². The van der Waals surface area contributed by atoms with E-state index in [4.69, 9.17) is 4.74 Å². The zero-order valence-corrected chi connectivity index (χ0v) is 10.4. The van der Waals surface area contributed by atoms with Crippen LogP contribution in [0, 0.1) is 11.3 Å². The second-order valence-corrected chi connectivity index (χ2v) is 4.96. The molecule has 1 unspecified atom stereocenters. The minimum Gasteiger partial charge on any atom is -0.481 e. The Labute approximate surface area is 110 Å². The molecule has 2 saturated heterocycles. The molecule has 0 aliphatic carbocycles. The van der Waals surface area contributed by atoms with Crippen LogP contribution in [0.5, 0.6) is 0 Å². The van der Waals surface area contributed by atoms with Crippen molar-refractivity contribution in [1.82, 2.24) is 10.2 Å². The number of hydrogen-bond acceptors (Lipinski definition) is 4. The van der Waals surface area contributed by atoms with Gasteiger partial charge in [-0.25, -0.2) is 4.79 Å². The molecule has 19 heavy (non-hydrogen) atoms. The predicted octanol–water partition coefficient (Wildman–Crippen LogP) is -0.168. The zero-order valence-electron chi connectivity index (χ0n) is 10.4. The number of amides is 2. The Morgan fingerprint density at radius 2 is 2.26 bits per heavy atom. The largest absolute Gasteiger partial charge is 0.481 e. The Balaban J connectivity index is 2.00. The first-order valence-electron chi connectivity index (χ1n) is 6.00. The van der Waals surface area contributed by atoms with Crippen molar-refractivity contribution in [2.24, 2.45) is 11.3 Å². The number of carboxylic acids is 1. The van der Waals surface area contributed by atoms with Crippen LogP contribution < -0.4 is 5.32 Å². The summed E-state index contributed by atoms with van der Waals surface area (Å²) in [5.41, 5.74) is -0.651. The van der Waals surface area contributed by atoms with Crippen molar-refractivity contribution in [3.63, 3.8) is 0 Å². The van der Waals surface area contributed by atoms with Gasteiger partial charge in [0.15, 0.2) is 0 Å². The van der Waals surface area contributed by atoms with Crippen molar-refractivity contribution in [2.75, 3.05) is 26.2 Å². The standard InChI is InChI=1S/C12H16N2O5/c1-2-3-19-11(18)14-6-12(7-14)4-9(15)13-5-8(12)10(16)17/h2,8H,1,3-7H2,(H,13,15)(H,16,17). The monoisotopic (exact) mass is 268 g/mol. The third-order valence-electron chi connectivity index (χ3n) is 3.65. The molecule has 0 saturated carbocycles. The molecule has 0 radical (unpaired) electrons. The summed E-state index contributed by atoms with van der Waals surface area (Å²) in [6.45, 7) is 4.16. The Kier molecular flexibility index (Phi) is 3.46. The van der Waals surface area contributed by atoms with Crippen molar-refractivity contribution in [3.8, 4) is 0 Å². The Morgan fingerprint density at radius 3 is 2.84 bits per heavy atom. The van der Waals surface area contributed by atoms with E-state index < -0.39 is 23.4 Å². The highest BCUT2D eigenvalue weighted by Gasteiger charge is 2.56. The molecular weight excluding hydrogens is 252 g/mol. The number of carbonyl (C=O) groups excluding carboxylic acids is 2. The lowest BCUT2D eigenvalue weighted by Gasteiger charge is -2.53. The molecule has 0 aromatic heterocycles. The maximum absolute atomic E-state index is 11.6. The molecule has 0 bridgehead atoms. The summed E-state index contributed by atoms with van der Waals surface area (Å²) in [5, 5.41) is 11.7. The van der Waals surface area contributed by atoms with Gasteiger partial charge < -0.3 is 20.1 Å². The third-order valence-corrected chi connectivity index (χ3v) is 3.65. The lowest BCUT2D eigenvalue weighted by Crippen LogP contribution is -2.68. The van der Waals surface area contributed by atoms with E-state index in [2.05, 4.69) is 11.9 Å². The first kappa shape index (κ1) is 13.4. The van der Waals surface area contributed by atoms with E-state index in [-0.39, 0.29) is 38.6 Å². The van der Waals surface area contributed by atoms with Crippen LogP contribution in [0.3, 0.4) is 0 Å². The number of aliphatic carboxylic acids is 1. The van der Waals surface area contributed by atoms with Crippen LogP contribution in [-0.2, 0) is 14.3 Å². The van der Waals surface area contributed by atoms with E-state index in [9.17, 15) is 19.5 Å². The van der Waals surface area contributed by atoms with Gasteiger partial charge in [-0.1, -0.05) is 12.7 Å². The second-order valence-electron chi connectivity index (χ2n) is 4.96. The lowest BCUT2D eigenvalue weighted by atomic mass is 9.65.